The third kappa shape index (κ3) is 5.04. The molecule has 0 bridgehead atoms. The minimum atomic E-state index is -0.491. The first-order valence-corrected chi connectivity index (χ1v) is 6.88. The van der Waals surface area contributed by atoms with Gasteiger partial charge in [-0.15, -0.1) is 24.8 Å². The number of ether oxygens (including phenoxy) is 1. The SMILES string of the molecule is CCOC(=O)c1nc(-c2nc(Cl)ncc2C)cn1CCN.Cl.Cl. The summed E-state index contributed by atoms with van der Waals surface area (Å²) in [4.78, 5) is 24.3. The van der Waals surface area contributed by atoms with E-state index in [1.165, 1.54) is 0 Å². The maximum atomic E-state index is 11.9. The van der Waals surface area contributed by atoms with E-state index in [4.69, 9.17) is 22.1 Å². The number of nitrogens with two attached hydrogens (primary N) is 1. The molecule has 0 radical (unpaired) electrons. The molecule has 2 N–H and O–H groups in total. The van der Waals surface area contributed by atoms with Gasteiger partial charge in [0.15, 0.2) is 0 Å². The van der Waals surface area contributed by atoms with Crippen molar-refractivity contribution in [2.24, 2.45) is 5.73 Å². The molecule has 2 aromatic rings. The van der Waals surface area contributed by atoms with E-state index >= 15 is 0 Å². The van der Waals surface area contributed by atoms with Crippen LogP contribution in [0.3, 0.4) is 0 Å². The minimum absolute atomic E-state index is 0. The molecule has 23 heavy (non-hydrogen) atoms. The van der Waals surface area contributed by atoms with Gasteiger partial charge in [0.05, 0.1) is 12.3 Å². The second-order valence-corrected chi connectivity index (χ2v) is 4.66. The van der Waals surface area contributed by atoms with E-state index in [0.717, 1.165) is 5.56 Å². The van der Waals surface area contributed by atoms with Crippen LogP contribution in [0.5, 0.6) is 0 Å². The van der Waals surface area contributed by atoms with Gasteiger partial charge in [0, 0.05) is 25.5 Å². The highest BCUT2D eigenvalue weighted by atomic mass is 35.5. The van der Waals surface area contributed by atoms with E-state index in [9.17, 15) is 4.79 Å². The lowest BCUT2D eigenvalue weighted by atomic mass is 10.2. The van der Waals surface area contributed by atoms with Crippen LogP contribution in [0.25, 0.3) is 11.4 Å². The van der Waals surface area contributed by atoms with Gasteiger partial charge in [-0.05, 0) is 31.0 Å². The predicted octanol–water partition coefficient (Wildman–Crippen LogP) is 2.28. The summed E-state index contributed by atoms with van der Waals surface area (Å²) in [5.74, 6) is -0.290. The van der Waals surface area contributed by atoms with E-state index in [0.29, 0.717) is 24.5 Å². The van der Waals surface area contributed by atoms with E-state index < -0.39 is 5.97 Å². The predicted molar refractivity (Wildman–Crippen MR) is 92.5 cm³/mol. The zero-order chi connectivity index (χ0) is 15.4. The van der Waals surface area contributed by atoms with Gasteiger partial charge in [-0.2, -0.15) is 0 Å². The van der Waals surface area contributed by atoms with Crippen LogP contribution in [0.4, 0.5) is 0 Å². The van der Waals surface area contributed by atoms with Crippen molar-refractivity contribution in [3.8, 4) is 11.4 Å². The monoisotopic (exact) mass is 381 g/mol. The normalized spacial score (nSPS) is 9.74. The maximum Gasteiger partial charge on any atom is 0.374 e. The van der Waals surface area contributed by atoms with Crippen LogP contribution in [-0.4, -0.2) is 38.6 Å². The molecule has 0 aliphatic heterocycles. The average molecular weight is 383 g/mol. The van der Waals surface area contributed by atoms with Crippen molar-refractivity contribution >= 4 is 42.4 Å². The second kappa shape index (κ2) is 9.67. The Morgan fingerprint density at radius 3 is 2.70 bits per heavy atom. The van der Waals surface area contributed by atoms with Gasteiger partial charge in [-0.3, -0.25) is 0 Å². The number of imidazole rings is 1. The molecule has 7 nitrogen and oxygen atoms in total. The lowest BCUT2D eigenvalue weighted by molar-refractivity contribution is 0.0506. The van der Waals surface area contributed by atoms with Gasteiger partial charge in [0.25, 0.3) is 0 Å². The van der Waals surface area contributed by atoms with Crippen LogP contribution in [0, 0.1) is 6.92 Å². The largest absolute Gasteiger partial charge is 0.460 e. The molecule has 10 heteroatoms. The Morgan fingerprint density at radius 2 is 2.09 bits per heavy atom. The van der Waals surface area contributed by atoms with E-state index in [-0.39, 0.29) is 42.5 Å². The molecule has 0 saturated heterocycles. The highest BCUT2D eigenvalue weighted by Gasteiger charge is 2.19. The summed E-state index contributed by atoms with van der Waals surface area (Å²) >= 11 is 5.82. The number of esters is 1. The number of aromatic nitrogens is 4. The van der Waals surface area contributed by atoms with Crippen LogP contribution in [0.2, 0.25) is 5.28 Å². The molecule has 0 amide bonds. The molecule has 0 aliphatic rings. The molecule has 2 rings (SSSR count). The summed E-state index contributed by atoms with van der Waals surface area (Å²) in [5, 5.41) is 0.127. The molecule has 0 unspecified atom stereocenters. The number of hydrogen-bond acceptors (Lipinski definition) is 6. The standard InChI is InChI=1S/C13H16ClN5O2.2ClH/c1-3-21-12(20)11-17-9(7-19(11)5-4-15)10-8(2)6-16-13(14)18-10;;/h6-7H,3-5,15H2,1-2H3;2*1H. The van der Waals surface area contributed by atoms with Crippen LogP contribution < -0.4 is 5.73 Å². The van der Waals surface area contributed by atoms with Crippen LogP contribution in [-0.2, 0) is 11.3 Å². The van der Waals surface area contributed by atoms with Gasteiger partial charge < -0.3 is 15.0 Å². The maximum absolute atomic E-state index is 11.9. The zero-order valence-corrected chi connectivity index (χ0v) is 15.0. The van der Waals surface area contributed by atoms with Crippen LogP contribution in [0.1, 0.15) is 23.1 Å². The fraction of sp³-hybridized carbons (Fsp3) is 0.385. The van der Waals surface area contributed by atoms with Gasteiger partial charge >= 0.3 is 5.97 Å². The third-order valence-electron chi connectivity index (χ3n) is 2.79. The Labute approximate surface area is 151 Å². The molecular formula is C13H18Cl3N5O2. The quantitative estimate of drug-likeness (QED) is 0.629. The smallest absolute Gasteiger partial charge is 0.374 e. The van der Waals surface area contributed by atoms with Crippen LogP contribution in [0.15, 0.2) is 12.4 Å². The average Bonchev–Trinajstić information content (AvgIpc) is 2.86. The van der Waals surface area contributed by atoms with Crippen molar-refractivity contribution in [1.82, 2.24) is 19.5 Å². The number of aryl methyl sites for hydroxylation is 1. The van der Waals surface area contributed by atoms with Gasteiger partial charge in [0.2, 0.25) is 11.1 Å². The molecule has 0 atom stereocenters. The third-order valence-corrected chi connectivity index (χ3v) is 2.97. The lowest BCUT2D eigenvalue weighted by Gasteiger charge is -2.04. The number of carbonyl (C=O) groups is 1. The number of hydrogen-bond donors (Lipinski definition) is 1. The van der Waals surface area contributed by atoms with Crippen molar-refractivity contribution < 1.29 is 9.53 Å². The molecular weight excluding hydrogens is 365 g/mol. The summed E-state index contributed by atoms with van der Waals surface area (Å²) in [6.45, 7) is 4.70. The summed E-state index contributed by atoms with van der Waals surface area (Å²) < 4.78 is 6.65. The summed E-state index contributed by atoms with van der Waals surface area (Å²) in [5.41, 5.74) is 7.49. The van der Waals surface area contributed by atoms with E-state index in [1.54, 1.807) is 23.9 Å². The Kier molecular flexibility index (Phi) is 9.07. The van der Waals surface area contributed by atoms with Crippen molar-refractivity contribution in [1.29, 1.82) is 0 Å². The molecule has 2 heterocycles. The zero-order valence-electron chi connectivity index (χ0n) is 12.7. The molecule has 0 spiro atoms. The van der Waals surface area contributed by atoms with Gasteiger partial charge in [-0.1, -0.05) is 0 Å². The van der Waals surface area contributed by atoms with Crippen molar-refractivity contribution in [2.75, 3.05) is 13.2 Å². The molecule has 2 aromatic heterocycles. The first-order chi connectivity index (χ1) is 10.1. The number of halogens is 3. The summed E-state index contributed by atoms with van der Waals surface area (Å²) in [6.07, 6.45) is 3.32. The first kappa shape index (κ1) is 21.6. The number of carbonyl (C=O) groups excluding carboxylic acids is 1. The number of nitrogens with zero attached hydrogens (tertiary/aromatic N) is 4. The molecule has 0 saturated carbocycles. The van der Waals surface area contributed by atoms with Gasteiger partial charge in [-0.25, -0.2) is 19.7 Å². The van der Waals surface area contributed by atoms with Crippen molar-refractivity contribution in [3.63, 3.8) is 0 Å². The van der Waals surface area contributed by atoms with E-state index in [1.807, 2.05) is 6.92 Å². The summed E-state index contributed by atoms with van der Waals surface area (Å²) in [7, 11) is 0. The van der Waals surface area contributed by atoms with Crippen molar-refractivity contribution in [2.45, 2.75) is 20.4 Å². The first-order valence-electron chi connectivity index (χ1n) is 6.50. The Bertz CT molecular complexity index is 663. The Hall–Kier alpha value is -1.41. The highest BCUT2D eigenvalue weighted by Crippen LogP contribution is 2.21. The van der Waals surface area contributed by atoms with Gasteiger partial charge in [0.1, 0.15) is 5.69 Å². The minimum Gasteiger partial charge on any atom is -0.460 e. The topological polar surface area (TPSA) is 95.9 Å². The van der Waals surface area contributed by atoms with Crippen LogP contribution >= 0.6 is 36.4 Å². The molecule has 0 aliphatic carbocycles. The Balaban J connectivity index is 0.00000242. The second-order valence-electron chi connectivity index (χ2n) is 4.32. The fourth-order valence-electron chi connectivity index (χ4n) is 1.88. The van der Waals surface area contributed by atoms with Crippen molar-refractivity contribution in [3.05, 3.63) is 29.1 Å². The van der Waals surface area contributed by atoms with E-state index in [2.05, 4.69) is 15.0 Å². The lowest BCUT2D eigenvalue weighted by Crippen LogP contribution is -2.17. The molecule has 0 fully saturated rings. The number of rotatable bonds is 5. The Morgan fingerprint density at radius 1 is 1.39 bits per heavy atom. The molecule has 0 aromatic carbocycles. The highest BCUT2D eigenvalue weighted by molar-refractivity contribution is 6.28. The summed E-state index contributed by atoms with van der Waals surface area (Å²) in [6, 6.07) is 0. The fourth-order valence-corrected chi connectivity index (χ4v) is 2.01. The molecule has 128 valence electrons.